The molecule has 70 valence electrons. The quantitative estimate of drug-likeness (QED) is 0.700. The summed E-state index contributed by atoms with van der Waals surface area (Å²) in [5, 5.41) is 8.64. The highest BCUT2D eigenvalue weighted by atomic mass is 19.1. The van der Waals surface area contributed by atoms with Crippen molar-refractivity contribution in [3.8, 4) is 0 Å². The monoisotopic (exact) mass is 176 g/mol. The topological polar surface area (TPSA) is 46.5 Å². The molecule has 4 heteroatoms. The highest BCUT2D eigenvalue weighted by Crippen LogP contribution is 2.24. The molecular weight excluding hydrogens is 163 g/mol. The van der Waals surface area contributed by atoms with Crippen molar-refractivity contribution >= 4 is 5.97 Å². The van der Waals surface area contributed by atoms with Crippen molar-refractivity contribution in [3.05, 3.63) is 0 Å². The van der Waals surface area contributed by atoms with E-state index in [0.29, 0.717) is 26.1 Å². The highest BCUT2D eigenvalue weighted by molar-refractivity contribution is 5.70. The lowest BCUT2D eigenvalue weighted by Gasteiger charge is -2.25. The normalized spacial score (nSPS) is 22.1. The molecule has 0 aromatic heterocycles. The maximum Gasteiger partial charge on any atom is 0.309 e. The van der Waals surface area contributed by atoms with Gasteiger partial charge in [0.25, 0.3) is 0 Å². The summed E-state index contributed by atoms with van der Waals surface area (Å²) in [6.45, 7) is 0.364. The van der Waals surface area contributed by atoms with Gasteiger partial charge in [0.1, 0.15) is 6.67 Å². The van der Waals surface area contributed by atoms with Gasteiger partial charge in [-0.05, 0) is 18.8 Å². The number of carboxylic acids is 1. The zero-order chi connectivity index (χ0) is 8.97. The average molecular weight is 176 g/mol. The van der Waals surface area contributed by atoms with Gasteiger partial charge in [0.05, 0.1) is 5.92 Å². The molecule has 1 rings (SSSR count). The second-order valence-electron chi connectivity index (χ2n) is 3.05. The molecule has 1 aliphatic rings. The van der Waals surface area contributed by atoms with Crippen LogP contribution in [0.15, 0.2) is 0 Å². The fraction of sp³-hybridized carbons (Fsp3) is 0.875. The Balaban J connectivity index is 2.46. The van der Waals surface area contributed by atoms with Gasteiger partial charge in [0, 0.05) is 13.2 Å². The minimum Gasteiger partial charge on any atom is -0.481 e. The number of rotatable bonds is 3. The van der Waals surface area contributed by atoms with Crippen LogP contribution in [0.4, 0.5) is 4.39 Å². The molecule has 0 aromatic carbocycles. The summed E-state index contributed by atoms with van der Waals surface area (Å²) < 4.78 is 17.3. The largest absolute Gasteiger partial charge is 0.481 e. The van der Waals surface area contributed by atoms with E-state index < -0.39 is 18.6 Å². The molecule has 1 aliphatic heterocycles. The second-order valence-corrected chi connectivity index (χ2v) is 3.05. The number of hydrogen-bond donors (Lipinski definition) is 1. The summed E-state index contributed by atoms with van der Waals surface area (Å²) in [4.78, 5) is 10.5. The van der Waals surface area contributed by atoms with Crippen LogP contribution >= 0.6 is 0 Å². The van der Waals surface area contributed by atoms with Gasteiger partial charge in [-0.3, -0.25) is 9.18 Å². The van der Waals surface area contributed by atoms with Crippen LogP contribution in [0.5, 0.6) is 0 Å². The van der Waals surface area contributed by atoms with Gasteiger partial charge < -0.3 is 9.84 Å². The van der Waals surface area contributed by atoms with E-state index in [9.17, 15) is 9.18 Å². The third kappa shape index (κ3) is 2.17. The number of hydrogen-bond acceptors (Lipinski definition) is 2. The summed E-state index contributed by atoms with van der Waals surface area (Å²) in [7, 11) is 0. The number of alkyl halides is 1. The van der Waals surface area contributed by atoms with Crippen molar-refractivity contribution < 1.29 is 19.0 Å². The van der Waals surface area contributed by atoms with E-state index in [2.05, 4.69) is 0 Å². The molecular formula is C8H13FO3. The van der Waals surface area contributed by atoms with Crippen molar-refractivity contribution in [3.63, 3.8) is 0 Å². The van der Waals surface area contributed by atoms with E-state index in [1.165, 1.54) is 0 Å². The molecule has 0 radical (unpaired) electrons. The number of halogens is 1. The second kappa shape index (κ2) is 4.40. The van der Waals surface area contributed by atoms with E-state index in [1.54, 1.807) is 0 Å². The first kappa shape index (κ1) is 9.45. The van der Waals surface area contributed by atoms with Gasteiger partial charge in [0.15, 0.2) is 0 Å². The van der Waals surface area contributed by atoms with E-state index in [1.807, 2.05) is 0 Å². The minimum absolute atomic E-state index is 0.0405. The van der Waals surface area contributed by atoms with Crippen molar-refractivity contribution in [2.24, 2.45) is 11.8 Å². The van der Waals surface area contributed by atoms with Crippen LogP contribution in [0.3, 0.4) is 0 Å². The fourth-order valence-corrected chi connectivity index (χ4v) is 1.51. The summed E-state index contributed by atoms with van der Waals surface area (Å²) in [5.41, 5.74) is 0. The molecule has 0 aliphatic carbocycles. The molecule has 1 fully saturated rings. The van der Waals surface area contributed by atoms with Crippen LogP contribution in [0.1, 0.15) is 12.8 Å². The molecule has 0 bridgehead atoms. The summed E-state index contributed by atoms with van der Waals surface area (Å²) in [5.74, 6) is -1.89. The van der Waals surface area contributed by atoms with E-state index in [0.717, 1.165) is 0 Å². The predicted octanol–water partition coefficient (Wildman–Crippen LogP) is 1.08. The lowest BCUT2D eigenvalue weighted by molar-refractivity contribution is -0.145. The molecule has 0 amide bonds. The molecule has 1 atom stereocenters. The Kier molecular flexibility index (Phi) is 3.47. The standard InChI is InChI=1S/C8H13FO3/c9-5-7(8(10)11)6-1-3-12-4-2-6/h6-7H,1-5H2,(H,10,11). The average Bonchev–Trinajstić information content (AvgIpc) is 2.07. The van der Waals surface area contributed by atoms with E-state index >= 15 is 0 Å². The van der Waals surface area contributed by atoms with Crippen LogP contribution in [-0.4, -0.2) is 31.0 Å². The van der Waals surface area contributed by atoms with E-state index in [4.69, 9.17) is 9.84 Å². The number of carboxylic acid groups (broad SMARTS) is 1. The molecule has 0 aromatic rings. The van der Waals surface area contributed by atoms with Crippen molar-refractivity contribution in [2.75, 3.05) is 19.9 Å². The summed E-state index contributed by atoms with van der Waals surface area (Å²) in [6, 6.07) is 0. The van der Waals surface area contributed by atoms with Gasteiger partial charge in [-0.1, -0.05) is 0 Å². The predicted molar refractivity (Wildman–Crippen MR) is 40.6 cm³/mol. The Labute approximate surface area is 70.5 Å². The van der Waals surface area contributed by atoms with Crippen molar-refractivity contribution in [2.45, 2.75) is 12.8 Å². The van der Waals surface area contributed by atoms with Gasteiger partial charge in [0.2, 0.25) is 0 Å². The third-order valence-corrected chi connectivity index (χ3v) is 2.32. The Morgan fingerprint density at radius 2 is 2.17 bits per heavy atom. The van der Waals surface area contributed by atoms with Crippen LogP contribution in [0.25, 0.3) is 0 Å². The van der Waals surface area contributed by atoms with Crippen LogP contribution in [-0.2, 0) is 9.53 Å². The zero-order valence-electron chi connectivity index (χ0n) is 6.83. The molecule has 1 saturated heterocycles. The summed E-state index contributed by atoms with van der Waals surface area (Å²) in [6.07, 6.45) is 1.34. The van der Waals surface area contributed by atoms with Crippen LogP contribution in [0.2, 0.25) is 0 Å². The molecule has 1 heterocycles. The molecule has 3 nitrogen and oxygen atoms in total. The Morgan fingerprint density at radius 3 is 2.58 bits per heavy atom. The maximum absolute atomic E-state index is 12.3. The lowest BCUT2D eigenvalue weighted by Crippen LogP contribution is -2.30. The molecule has 0 spiro atoms. The SMILES string of the molecule is O=C(O)C(CF)C1CCOCC1. The van der Waals surface area contributed by atoms with Crippen molar-refractivity contribution in [1.82, 2.24) is 0 Å². The summed E-state index contributed by atoms with van der Waals surface area (Å²) >= 11 is 0. The molecule has 1 N–H and O–H groups in total. The zero-order valence-corrected chi connectivity index (χ0v) is 6.83. The molecule has 12 heavy (non-hydrogen) atoms. The highest BCUT2D eigenvalue weighted by Gasteiger charge is 2.29. The number of carbonyl (C=O) groups is 1. The van der Waals surface area contributed by atoms with Gasteiger partial charge >= 0.3 is 5.97 Å². The Bertz CT molecular complexity index is 154. The first-order chi connectivity index (χ1) is 5.75. The van der Waals surface area contributed by atoms with Gasteiger partial charge in [-0.15, -0.1) is 0 Å². The molecule has 0 saturated carbocycles. The first-order valence-electron chi connectivity index (χ1n) is 4.12. The Hall–Kier alpha value is -0.640. The third-order valence-electron chi connectivity index (χ3n) is 2.32. The fourth-order valence-electron chi connectivity index (χ4n) is 1.51. The van der Waals surface area contributed by atoms with Gasteiger partial charge in [-0.25, -0.2) is 0 Å². The maximum atomic E-state index is 12.3. The van der Waals surface area contributed by atoms with Crippen LogP contribution < -0.4 is 0 Å². The lowest BCUT2D eigenvalue weighted by atomic mass is 9.87. The molecule has 1 unspecified atom stereocenters. The smallest absolute Gasteiger partial charge is 0.309 e. The van der Waals surface area contributed by atoms with Gasteiger partial charge in [-0.2, -0.15) is 0 Å². The first-order valence-corrected chi connectivity index (χ1v) is 4.12. The van der Waals surface area contributed by atoms with Crippen molar-refractivity contribution in [1.29, 1.82) is 0 Å². The van der Waals surface area contributed by atoms with E-state index in [-0.39, 0.29) is 5.92 Å². The Morgan fingerprint density at radius 1 is 1.58 bits per heavy atom. The minimum atomic E-state index is -1.02. The van der Waals surface area contributed by atoms with Crippen LogP contribution in [0, 0.1) is 11.8 Å². The number of ether oxygens (including phenoxy) is 1. The number of aliphatic carboxylic acids is 1.